The van der Waals surface area contributed by atoms with Crippen molar-refractivity contribution in [2.45, 2.75) is 38.4 Å². The fourth-order valence-corrected chi connectivity index (χ4v) is 2.08. The minimum atomic E-state index is 0.742. The minimum Gasteiger partial charge on any atom is -0.333 e. The number of hydrogen-bond acceptors (Lipinski definition) is 3. The highest BCUT2D eigenvalue weighted by Crippen LogP contribution is 2.19. The first-order valence-electron chi connectivity index (χ1n) is 6.51. The average molecular weight is 245 g/mol. The van der Waals surface area contributed by atoms with E-state index in [-0.39, 0.29) is 0 Å². The molecule has 0 unspecified atom stereocenters. The summed E-state index contributed by atoms with van der Waals surface area (Å²) in [4.78, 5) is 4.24. The van der Waals surface area contributed by atoms with Crippen molar-refractivity contribution in [3.8, 4) is 0 Å². The van der Waals surface area contributed by atoms with Crippen molar-refractivity contribution in [2.75, 3.05) is 0 Å². The van der Waals surface area contributed by atoms with Crippen molar-refractivity contribution in [3.05, 3.63) is 36.2 Å². The van der Waals surface area contributed by atoms with E-state index in [2.05, 4.69) is 26.2 Å². The van der Waals surface area contributed by atoms with Gasteiger partial charge in [-0.3, -0.25) is 4.68 Å². The smallest absolute Gasteiger partial charge is 0.0948 e. The average Bonchev–Trinajstić information content (AvgIpc) is 2.93. The Labute approximate surface area is 107 Å². The Hall–Kier alpha value is -1.62. The maximum atomic E-state index is 4.24. The second-order valence-electron chi connectivity index (χ2n) is 5.01. The molecule has 1 aliphatic rings. The molecular weight excluding hydrogens is 226 g/mol. The molecule has 1 saturated carbocycles. The van der Waals surface area contributed by atoms with Crippen molar-refractivity contribution < 1.29 is 0 Å². The molecule has 5 heteroatoms. The highest BCUT2D eigenvalue weighted by atomic mass is 15.2. The van der Waals surface area contributed by atoms with Gasteiger partial charge in [0.2, 0.25) is 0 Å². The van der Waals surface area contributed by atoms with E-state index in [0.29, 0.717) is 0 Å². The molecule has 2 heterocycles. The molecule has 0 radical (unpaired) electrons. The van der Waals surface area contributed by atoms with Gasteiger partial charge in [-0.25, -0.2) is 4.98 Å². The van der Waals surface area contributed by atoms with Crippen molar-refractivity contribution in [2.24, 2.45) is 7.05 Å². The second-order valence-corrected chi connectivity index (χ2v) is 5.01. The summed E-state index contributed by atoms with van der Waals surface area (Å²) in [6.45, 7) is 1.89. The fourth-order valence-electron chi connectivity index (χ4n) is 2.08. The summed E-state index contributed by atoms with van der Waals surface area (Å²) < 4.78 is 4.07. The Morgan fingerprint density at radius 3 is 3.00 bits per heavy atom. The molecular formula is C13H19N5. The molecule has 0 aromatic carbocycles. The Bertz CT molecular complexity index is 509. The molecule has 0 atom stereocenters. The topological polar surface area (TPSA) is 47.7 Å². The zero-order valence-electron chi connectivity index (χ0n) is 10.7. The largest absolute Gasteiger partial charge is 0.333 e. The van der Waals surface area contributed by atoms with E-state index in [9.17, 15) is 0 Å². The highest BCUT2D eigenvalue weighted by Gasteiger charge is 2.20. The van der Waals surface area contributed by atoms with Gasteiger partial charge in [-0.1, -0.05) is 0 Å². The van der Waals surface area contributed by atoms with Crippen LogP contribution in [0.15, 0.2) is 24.9 Å². The fraction of sp³-hybridized carbons (Fsp3) is 0.538. The zero-order chi connectivity index (χ0) is 12.4. The van der Waals surface area contributed by atoms with Gasteiger partial charge < -0.3 is 9.88 Å². The number of imidazole rings is 1. The number of nitrogens with zero attached hydrogens (tertiary/aromatic N) is 4. The van der Waals surface area contributed by atoms with Crippen LogP contribution in [0.3, 0.4) is 0 Å². The Morgan fingerprint density at radius 1 is 1.39 bits per heavy atom. The molecule has 0 bridgehead atoms. The van der Waals surface area contributed by atoms with Gasteiger partial charge in [-0.05, 0) is 24.8 Å². The predicted octanol–water partition coefficient (Wildman–Crippen LogP) is 1.11. The van der Waals surface area contributed by atoms with Crippen molar-refractivity contribution in [3.63, 3.8) is 0 Å². The summed E-state index contributed by atoms with van der Waals surface area (Å²) in [7, 11) is 1.95. The molecule has 5 nitrogen and oxygen atoms in total. The van der Waals surface area contributed by atoms with Gasteiger partial charge in [-0.2, -0.15) is 5.10 Å². The summed E-state index contributed by atoms with van der Waals surface area (Å²) in [5, 5.41) is 7.71. The van der Waals surface area contributed by atoms with Gasteiger partial charge in [0.1, 0.15) is 0 Å². The summed E-state index contributed by atoms with van der Waals surface area (Å²) in [6.07, 6.45) is 11.5. The lowest BCUT2D eigenvalue weighted by atomic mass is 10.2. The first kappa shape index (κ1) is 11.5. The van der Waals surface area contributed by atoms with E-state index < -0.39 is 0 Å². The third kappa shape index (κ3) is 2.79. The Balaban J connectivity index is 1.56. The SMILES string of the molecule is Cn1cc(CCn2cncc2CNC2CC2)cn1. The van der Waals surface area contributed by atoms with Crippen LogP contribution >= 0.6 is 0 Å². The third-order valence-electron chi connectivity index (χ3n) is 3.35. The molecule has 2 aromatic rings. The van der Waals surface area contributed by atoms with Crippen LogP contribution in [0, 0.1) is 0 Å². The van der Waals surface area contributed by atoms with E-state index in [1.165, 1.54) is 24.1 Å². The van der Waals surface area contributed by atoms with Crippen LogP contribution in [0.4, 0.5) is 0 Å². The third-order valence-corrected chi connectivity index (χ3v) is 3.35. The number of hydrogen-bond donors (Lipinski definition) is 1. The van der Waals surface area contributed by atoms with Crippen molar-refractivity contribution in [1.82, 2.24) is 24.6 Å². The normalized spacial score (nSPS) is 15.2. The predicted molar refractivity (Wildman–Crippen MR) is 69.0 cm³/mol. The molecule has 3 rings (SSSR count). The molecule has 1 aliphatic carbocycles. The van der Waals surface area contributed by atoms with Crippen molar-refractivity contribution >= 4 is 0 Å². The second kappa shape index (κ2) is 4.94. The summed E-state index contributed by atoms with van der Waals surface area (Å²) >= 11 is 0. The van der Waals surface area contributed by atoms with E-state index in [1.807, 2.05) is 30.5 Å². The Kier molecular flexibility index (Phi) is 3.15. The van der Waals surface area contributed by atoms with E-state index in [0.717, 1.165) is 25.6 Å². The maximum absolute atomic E-state index is 4.24. The number of aryl methyl sites for hydroxylation is 3. The first-order valence-corrected chi connectivity index (χ1v) is 6.51. The van der Waals surface area contributed by atoms with Gasteiger partial charge in [-0.15, -0.1) is 0 Å². The van der Waals surface area contributed by atoms with Crippen LogP contribution in [-0.4, -0.2) is 25.4 Å². The van der Waals surface area contributed by atoms with E-state index in [4.69, 9.17) is 0 Å². The first-order chi connectivity index (χ1) is 8.81. The van der Waals surface area contributed by atoms with Gasteiger partial charge >= 0.3 is 0 Å². The molecule has 0 aliphatic heterocycles. The minimum absolute atomic E-state index is 0.742. The van der Waals surface area contributed by atoms with Crippen molar-refractivity contribution in [1.29, 1.82) is 0 Å². The summed E-state index contributed by atoms with van der Waals surface area (Å²) in [6, 6.07) is 0.742. The Morgan fingerprint density at radius 2 is 2.28 bits per heavy atom. The molecule has 0 saturated heterocycles. The van der Waals surface area contributed by atoms with Gasteiger partial charge in [0, 0.05) is 38.6 Å². The molecule has 96 valence electrons. The maximum Gasteiger partial charge on any atom is 0.0948 e. The molecule has 0 amide bonds. The molecule has 1 N–H and O–H groups in total. The standard InChI is InChI=1S/C13H19N5/c1-17-9-11(6-16-17)4-5-18-10-14-7-13(18)8-15-12-2-3-12/h6-7,9-10,12,15H,2-5,8H2,1H3. The van der Waals surface area contributed by atoms with Gasteiger partial charge in [0.25, 0.3) is 0 Å². The van der Waals surface area contributed by atoms with E-state index >= 15 is 0 Å². The molecule has 0 spiro atoms. The molecule has 18 heavy (non-hydrogen) atoms. The van der Waals surface area contributed by atoms with Crippen LogP contribution in [0.5, 0.6) is 0 Å². The molecule has 1 fully saturated rings. The van der Waals surface area contributed by atoms with E-state index in [1.54, 1.807) is 0 Å². The quantitative estimate of drug-likeness (QED) is 0.829. The van der Waals surface area contributed by atoms with Crippen LogP contribution < -0.4 is 5.32 Å². The lowest BCUT2D eigenvalue weighted by Gasteiger charge is -2.08. The zero-order valence-corrected chi connectivity index (χ0v) is 10.7. The summed E-state index contributed by atoms with van der Waals surface area (Å²) in [5.41, 5.74) is 2.54. The lowest BCUT2D eigenvalue weighted by molar-refractivity contribution is 0.606. The lowest BCUT2D eigenvalue weighted by Crippen LogP contribution is -2.18. The van der Waals surface area contributed by atoms with Crippen LogP contribution in [0.2, 0.25) is 0 Å². The number of rotatable bonds is 6. The van der Waals surface area contributed by atoms with Crippen LogP contribution in [0.25, 0.3) is 0 Å². The monoisotopic (exact) mass is 245 g/mol. The number of aromatic nitrogens is 4. The highest BCUT2D eigenvalue weighted by molar-refractivity contribution is 5.05. The van der Waals surface area contributed by atoms with Crippen LogP contribution in [0.1, 0.15) is 24.1 Å². The molecule has 2 aromatic heterocycles. The summed E-state index contributed by atoms with van der Waals surface area (Å²) in [5.74, 6) is 0. The van der Waals surface area contributed by atoms with Crippen LogP contribution in [-0.2, 0) is 26.6 Å². The van der Waals surface area contributed by atoms with Gasteiger partial charge in [0.05, 0.1) is 18.2 Å². The number of nitrogens with one attached hydrogen (secondary N) is 1. The van der Waals surface area contributed by atoms with Gasteiger partial charge in [0.15, 0.2) is 0 Å².